The maximum Gasteiger partial charge on any atom is 0.335 e. The molecule has 0 fully saturated rings. The molecule has 0 bridgehead atoms. The molecule has 0 aliphatic heterocycles. The maximum absolute atomic E-state index is 11.1. The first-order valence-electron chi connectivity index (χ1n) is 6.49. The summed E-state index contributed by atoms with van der Waals surface area (Å²) in [6.07, 6.45) is 3.44. The van der Waals surface area contributed by atoms with Gasteiger partial charge in [0, 0.05) is 18.9 Å². The van der Waals surface area contributed by atoms with E-state index in [1.165, 1.54) is 12.1 Å². The first-order chi connectivity index (χ1) is 10.6. The Hall–Kier alpha value is -2.60. The molecule has 0 aliphatic carbocycles. The van der Waals surface area contributed by atoms with Crippen molar-refractivity contribution < 1.29 is 9.90 Å². The van der Waals surface area contributed by atoms with Crippen LogP contribution in [-0.2, 0) is 6.54 Å². The molecule has 1 aromatic carbocycles. The highest BCUT2D eigenvalue weighted by atomic mass is 35.5. The first kappa shape index (κ1) is 15.8. The third-order valence-electron chi connectivity index (χ3n) is 2.85. The fraction of sp³-hybridized carbons (Fsp3) is 0.133. The molecule has 0 aliphatic rings. The molecule has 0 spiro atoms. The van der Waals surface area contributed by atoms with E-state index in [0.717, 1.165) is 5.56 Å². The number of carboxylic acid groups (broad SMARTS) is 1. The number of benzene rings is 1. The number of amidine groups is 1. The van der Waals surface area contributed by atoms with Crippen LogP contribution in [0.25, 0.3) is 0 Å². The Labute approximate surface area is 132 Å². The Morgan fingerprint density at radius 2 is 2.23 bits per heavy atom. The summed E-state index contributed by atoms with van der Waals surface area (Å²) in [6.45, 7) is 0.531. The van der Waals surface area contributed by atoms with E-state index in [9.17, 15) is 4.79 Å². The van der Waals surface area contributed by atoms with E-state index in [2.05, 4.69) is 15.3 Å². The molecule has 2 aromatic rings. The normalized spacial score (nSPS) is 11.2. The van der Waals surface area contributed by atoms with E-state index in [1.807, 2.05) is 12.1 Å². The number of pyridine rings is 1. The molecule has 0 radical (unpaired) electrons. The highest BCUT2D eigenvalue weighted by Crippen LogP contribution is 2.27. The predicted molar refractivity (Wildman–Crippen MR) is 87.0 cm³/mol. The molecule has 1 aromatic heterocycles. The molecule has 0 saturated heterocycles. The van der Waals surface area contributed by atoms with Crippen molar-refractivity contribution in [2.24, 2.45) is 10.7 Å². The van der Waals surface area contributed by atoms with Crippen LogP contribution in [0.4, 0.5) is 11.4 Å². The molecule has 22 heavy (non-hydrogen) atoms. The average molecular weight is 319 g/mol. The Morgan fingerprint density at radius 1 is 1.41 bits per heavy atom. The number of aromatic nitrogens is 1. The topological polar surface area (TPSA) is 101 Å². The molecule has 0 unspecified atom stereocenters. The van der Waals surface area contributed by atoms with Crippen molar-refractivity contribution in [2.75, 3.05) is 11.2 Å². The van der Waals surface area contributed by atoms with Crippen molar-refractivity contribution in [2.45, 2.75) is 6.54 Å². The smallest absolute Gasteiger partial charge is 0.335 e. The third kappa shape index (κ3) is 4.20. The summed E-state index contributed by atoms with van der Waals surface area (Å²) in [6, 6.07) is 8.38. The van der Waals surface area contributed by atoms with E-state index >= 15 is 0 Å². The van der Waals surface area contributed by atoms with Gasteiger partial charge in [-0.3, -0.25) is 4.98 Å². The number of hydrogen-bond donors (Lipinski definition) is 3. The zero-order chi connectivity index (χ0) is 15.9. The monoisotopic (exact) mass is 318 g/mol. The quantitative estimate of drug-likeness (QED) is 0.432. The largest absolute Gasteiger partial charge is 0.478 e. The molecule has 0 atom stereocenters. The fourth-order valence-corrected chi connectivity index (χ4v) is 1.85. The Kier molecular flexibility index (Phi) is 5.32. The van der Waals surface area contributed by atoms with Crippen molar-refractivity contribution in [1.29, 1.82) is 0 Å². The van der Waals surface area contributed by atoms with Gasteiger partial charge in [0.2, 0.25) is 0 Å². The average Bonchev–Trinajstić information content (AvgIpc) is 2.54. The van der Waals surface area contributed by atoms with E-state index in [4.69, 9.17) is 22.4 Å². The number of nitrogens with zero attached hydrogens (tertiary/aromatic N) is 2. The van der Waals surface area contributed by atoms with E-state index in [0.29, 0.717) is 17.9 Å². The van der Waals surface area contributed by atoms with E-state index in [-0.39, 0.29) is 17.3 Å². The Morgan fingerprint density at radius 3 is 2.86 bits per heavy atom. The van der Waals surface area contributed by atoms with Crippen LogP contribution >= 0.6 is 11.6 Å². The lowest BCUT2D eigenvalue weighted by atomic mass is 10.1. The summed E-state index contributed by atoms with van der Waals surface area (Å²) in [5, 5.41) is 12.3. The van der Waals surface area contributed by atoms with Crippen LogP contribution in [-0.4, -0.2) is 27.8 Å². The van der Waals surface area contributed by atoms with Crippen LogP contribution in [0.2, 0.25) is 0 Å². The second-order valence-electron chi connectivity index (χ2n) is 4.49. The van der Waals surface area contributed by atoms with E-state index < -0.39 is 5.97 Å². The molecule has 1 heterocycles. The molecular formula is C15H15ClN4O2. The van der Waals surface area contributed by atoms with Gasteiger partial charge < -0.3 is 16.2 Å². The van der Waals surface area contributed by atoms with Crippen LogP contribution in [0.1, 0.15) is 15.9 Å². The van der Waals surface area contributed by atoms with Gasteiger partial charge in [0.25, 0.3) is 0 Å². The van der Waals surface area contributed by atoms with Crippen molar-refractivity contribution in [3.63, 3.8) is 0 Å². The van der Waals surface area contributed by atoms with Crippen LogP contribution in [0.15, 0.2) is 47.7 Å². The zero-order valence-corrected chi connectivity index (χ0v) is 12.4. The summed E-state index contributed by atoms with van der Waals surface area (Å²) < 4.78 is 0. The standard InChI is InChI=1S/C15H15ClN4O2/c16-7-14(17)20-13-6-11(15(21)22)3-4-12(13)19-9-10-2-1-5-18-8-10/h1-6,8,19H,7,9H2,(H2,17,20)(H,21,22). The molecule has 6 nitrogen and oxygen atoms in total. The first-order valence-corrected chi connectivity index (χ1v) is 7.02. The number of halogens is 1. The number of rotatable bonds is 6. The minimum absolute atomic E-state index is 0.0688. The summed E-state index contributed by atoms with van der Waals surface area (Å²) in [4.78, 5) is 19.3. The minimum Gasteiger partial charge on any atom is -0.478 e. The Bertz CT molecular complexity index is 689. The van der Waals surface area contributed by atoms with Gasteiger partial charge in [0.15, 0.2) is 0 Å². The number of carbonyl (C=O) groups is 1. The summed E-state index contributed by atoms with van der Waals surface area (Å²) >= 11 is 5.63. The number of nitrogens with one attached hydrogen (secondary N) is 1. The molecular weight excluding hydrogens is 304 g/mol. The molecule has 114 valence electrons. The van der Waals surface area contributed by atoms with Gasteiger partial charge in [-0.2, -0.15) is 0 Å². The number of aliphatic imine (C=N–C) groups is 1. The van der Waals surface area contributed by atoms with Gasteiger partial charge in [0.1, 0.15) is 5.84 Å². The summed E-state index contributed by atoms with van der Waals surface area (Å²) in [5.41, 5.74) is 7.86. The second kappa shape index (κ2) is 7.42. The van der Waals surface area contributed by atoms with Gasteiger partial charge >= 0.3 is 5.97 Å². The van der Waals surface area contributed by atoms with Crippen LogP contribution in [0.3, 0.4) is 0 Å². The molecule has 4 N–H and O–H groups in total. The number of alkyl halides is 1. The zero-order valence-electron chi connectivity index (χ0n) is 11.7. The lowest BCUT2D eigenvalue weighted by molar-refractivity contribution is 0.0697. The number of aromatic carboxylic acids is 1. The predicted octanol–water partition coefficient (Wildman–Crippen LogP) is 2.62. The van der Waals surface area contributed by atoms with Crippen molar-refractivity contribution >= 4 is 34.8 Å². The minimum atomic E-state index is -1.03. The van der Waals surface area contributed by atoms with Crippen molar-refractivity contribution in [3.8, 4) is 0 Å². The van der Waals surface area contributed by atoms with Gasteiger partial charge in [-0.25, -0.2) is 9.79 Å². The van der Waals surface area contributed by atoms with Crippen molar-refractivity contribution in [1.82, 2.24) is 4.98 Å². The van der Waals surface area contributed by atoms with Gasteiger partial charge in [-0.15, -0.1) is 11.6 Å². The molecule has 0 amide bonds. The van der Waals surface area contributed by atoms with Gasteiger partial charge in [0.05, 0.1) is 22.8 Å². The third-order valence-corrected chi connectivity index (χ3v) is 3.13. The van der Waals surface area contributed by atoms with Crippen molar-refractivity contribution in [3.05, 3.63) is 53.9 Å². The van der Waals surface area contributed by atoms with Crippen LogP contribution in [0.5, 0.6) is 0 Å². The molecule has 2 rings (SSSR count). The highest BCUT2D eigenvalue weighted by Gasteiger charge is 2.08. The van der Waals surface area contributed by atoms with E-state index in [1.54, 1.807) is 18.5 Å². The molecule has 0 saturated carbocycles. The Balaban J connectivity index is 2.27. The number of carboxylic acids is 1. The number of hydrogen-bond acceptors (Lipinski definition) is 4. The number of anilines is 1. The van der Waals surface area contributed by atoms with Gasteiger partial charge in [-0.1, -0.05) is 6.07 Å². The van der Waals surface area contributed by atoms with Crippen LogP contribution in [0, 0.1) is 0 Å². The van der Waals surface area contributed by atoms with Crippen LogP contribution < -0.4 is 11.1 Å². The molecule has 7 heteroatoms. The summed E-state index contributed by atoms with van der Waals surface area (Å²) in [5.74, 6) is -0.743. The number of nitrogens with two attached hydrogens (primary N) is 1. The second-order valence-corrected chi connectivity index (χ2v) is 4.76. The fourth-order valence-electron chi connectivity index (χ4n) is 1.79. The SMILES string of the molecule is NC(CCl)=Nc1cc(C(=O)O)ccc1NCc1cccnc1. The highest BCUT2D eigenvalue weighted by molar-refractivity contribution is 6.28. The summed E-state index contributed by atoms with van der Waals surface area (Å²) in [7, 11) is 0. The van der Waals surface area contributed by atoms with Gasteiger partial charge in [-0.05, 0) is 29.8 Å². The maximum atomic E-state index is 11.1. The lowest BCUT2D eigenvalue weighted by Gasteiger charge is -2.10. The lowest BCUT2D eigenvalue weighted by Crippen LogP contribution is -2.12.